The number of unbranched alkanes of at least 4 members (excludes halogenated alkanes) is 1. The number of benzene rings is 1. The van der Waals surface area contributed by atoms with E-state index < -0.39 is 0 Å². The van der Waals surface area contributed by atoms with Gasteiger partial charge in [0.25, 0.3) is 0 Å². The molecule has 0 aliphatic carbocycles. The van der Waals surface area contributed by atoms with Crippen LogP contribution in [-0.4, -0.2) is 21.9 Å². The van der Waals surface area contributed by atoms with Crippen LogP contribution in [0, 0.1) is 12.7 Å². The minimum Gasteiger partial charge on any atom is -0.396 e. The maximum Gasteiger partial charge on any atom is 0.226 e. The summed E-state index contributed by atoms with van der Waals surface area (Å²) in [6.45, 7) is 2.03. The average molecular weight is 250 g/mol. The molecule has 1 aromatic carbocycles. The zero-order valence-electron chi connectivity index (χ0n) is 10.2. The highest BCUT2D eigenvalue weighted by atomic mass is 19.1. The van der Waals surface area contributed by atoms with Gasteiger partial charge in [0.15, 0.2) is 0 Å². The van der Waals surface area contributed by atoms with Crippen molar-refractivity contribution in [2.24, 2.45) is 0 Å². The fourth-order valence-electron chi connectivity index (χ4n) is 1.69. The summed E-state index contributed by atoms with van der Waals surface area (Å²) in [4.78, 5) is 4.23. The van der Waals surface area contributed by atoms with Crippen LogP contribution in [0.3, 0.4) is 0 Å². The van der Waals surface area contributed by atoms with Crippen LogP contribution in [0.2, 0.25) is 0 Å². The van der Waals surface area contributed by atoms with Crippen LogP contribution in [0.25, 0.3) is 11.4 Å². The van der Waals surface area contributed by atoms with Gasteiger partial charge in [-0.15, -0.1) is 0 Å². The van der Waals surface area contributed by atoms with Gasteiger partial charge in [-0.3, -0.25) is 0 Å². The molecule has 0 amide bonds. The third kappa shape index (κ3) is 2.92. The molecule has 0 saturated carbocycles. The second-order valence-corrected chi connectivity index (χ2v) is 4.15. The van der Waals surface area contributed by atoms with E-state index >= 15 is 0 Å². The Kier molecular flexibility index (Phi) is 4.04. The molecule has 0 saturated heterocycles. The monoisotopic (exact) mass is 250 g/mol. The molecule has 0 aliphatic rings. The SMILES string of the molecule is Cc1ccc(F)cc1-c1noc(CCCCO)n1. The summed E-state index contributed by atoms with van der Waals surface area (Å²) in [5.41, 5.74) is 1.55. The summed E-state index contributed by atoms with van der Waals surface area (Å²) >= 11 is 0. The fraction of sp³-hybridized carbons (Fsp3) is 0.385. The first-order valence-corrected chi connectivity index (χ1v) is 5.90. The quantitative estimate of drug-likeness (QED) is 0.828. The Morgan fingerprint density at radius 2 is 2.17 bits per heavy atom. The highest BCUT2D eigenvalue weighted by Crippen LogP contribution is 2.21. The number of aliphatic hydroxyl groups is 1. The van der Waals surface area contributed by atoms with E-state index in [9.17, 15) is 4.39 Å². The Morgan fingerprint density at radius 1 is 1.33 bits per heavy atom. The van der Waals surface area contributed by atoms with E-state index in [0.29, 0.717) is 30.1 Å². The number of aromatic nitrogens is 2. The zero-order chi connectivity index (χ0) is 13.0. The molecule has 0 aliphatic heterocycles. The molecule has 0 spiro atoms. The van der Waals surface area contributed by atoms with Gasteiger partial charge in [-0.05, 0) is 37.5 Å². The van der Waals surface area contributed by atoms with Gasteiger partial charge < -0.3 is 9.63 Å². The summed E-state index contributed by atoms with van der Waals surface area (Å²) < 4.78 is 18.3. The minimum absolute atomic E-state index is 0.157. The summed E-state index contributed by atoms with van der Waals surface area (Å²) in [5.74, 6) is 0.607. The molecule has 0 atom stereocenters. The average Bonchev–Trinajstić information content (AvgIpc) is 2.81. The number of hydrogen-bond donors (Lipinski definition) is 1. The molecule has 2 rings (SSSR count). The van der Waals surface area contributed by atoms with E-state index in [4.69, 9.17) is 9.63 Å². The molecule has 1 heterocycles. The maximum atomic E-state index is 13.2. The first-order valence-electron chi connectivity index (χ1n) is 5.90. The Labute approximate surface area is 104 Å². The summed E-state index contributed by atoms with van der Waals surface area (Å²) in [7, 11) is 0. The normalized spacial score (nSPS) is 10.8. The van der Waals surface area contributed by atoms with Gasteiger partial charge in [0, 0.05) is 18.6 Å². The van der Waals surface area contributed by atoms with Gasteiger partial charge in [0.05, 0.1) is 0 Å². The number of halogens is 1. The van der Waals surface area contributed by atoms with Gasteiger partial charge in [-0.1, -0.05) is 11.2 Å². The minimum atomic E-state index is -0.317. The van der Waals surface area contributed by atoms with Crippen LogP contribution < -0.4 is 0 Å². The summed E-state index contributed by atoms with van der Waals surface area (Å²) in [6, 6.07) is 4.49. The zero-order valence-corrected chi connectivity index (χ0v) is 10.2. The number of hydrogen-bond acceptors (Lipinski definition) is 4. The van der Waals surface area contributed by atoms with Crippen molar-refractivity contribution in [1.29, 1.82) is 0 Å². The lowest BCUT2D eigenvalue weighted by molar-refractivity contribution is 0.281. The number of aryl methyl sites for hydroxylation is 2. The molecule has 0 radical (unpaired) electrons. The number of rotatable bonds is 5. The lowest BCUT2D eigenvalue weighted by Crippen LogP contribution is -1.90. The van der Waals surface area contributed by atoms with Crippen molar-refractivity contribution < 1.29 is 14.0 Å². The van der Waals surface area contributed by atoms with Crippen LogP contribution in [-0.2, 0) is 6.42 Å². The van der Waals surface area contributed by atoms with Crippen LogP contribution in [0.1, 0.15) is 24.3 Å². The lowest BCUT2D eigenvalue weighted by atomic mass is 10.1. The summed E-state index contributed by atoms with van der Waals surface area (Å²) in [6.07, 6.45) is 2.12. The van der Waals surface area contributed by atoms with Crippen LogP contribution >= 0.6 is 0 Å². The first-order chi connectivity index (χ1) is 8.70. The van der Waals surface area contributed by atoms with Crippen LogP contribution in [0.15, 0.2) is 22.7 Å². The smallest absolute Gasteiger partial charge is 0.226 e. The number of nitrogens with zero attached hydrogens (tertiary/aromatic N) is 2. The predicted octanol–water partition coefficient (Wildman–Crippen LogP) is 2.50. The van der Waals surface area contributed by atoms with Gasteiger partial charge in [0.2, 0.25) is 11.7 Å². The van der Waals surface area contributed by atoms with Crippen LogP contribution in [0.4, 0.5) is 4.39 Å². The van der Waals surface area contributed by atoms with Gasteiger partial charge in [-0.2, -0.15) is 4.98 Å². The van der Waals surface area contributed by atoms with Crippen molar-refractivity contribution in [1.82, 2.24) is 10.1 Å². The second kappa shape index (κ2) is 5.73. The summed E-state index contributed by atoms with van der Waals surface area (Å²) in [5, 5.41) is 12.5. The third-order valence-electron chi connectivity index (χ3n) is 2.71. The maximum absolute atomic E-state index is 13.2. The molecule has 1 N–H and O–H groups in total. The predicted molar refractivity (Wildman–Crippen MR) is 64.5 cm³/mol. The molecule has 4 nitrogen and oxygen atoms in total. The van der Waals surface area contributed by atoms with Crippen molar-refractivity contribution in [3.63, 3.8) is 0 Å². The van der Waals surface area contributed by atoms with Crippen molar-refractivity contribution in [2.75, 3.05) is 6.61 Å². The Balaban J connectivity index is 2.16. The Bertz CT molecular complexity index is 525. The molecule has 18 heavy (non-hydrogen) atoms. The largest absolute Gasteiger partial charge is 0.396 e. The molecular formula is C13H15FN2O2. The van der Waals surface area contributed by atoms with Crippen molar-refractivity contribution in [3.8, 4) is 11.4 Å². The van der Waals surface area contributed by atoms with E-state index in [-0.39, 0.29) is 12.4 Å². The topological polar surface area (TPSA) is 59.2 Å². The van der Waals surface area contributed by atoms with Gasteiger partial charge in [0.1, 0.15) is 5.82 Å². The number of aliphatic hydroxyl groups excluding tert-OH is 1. The van der Waals surface area contributed by atoms with E-state index in [1.54, 1.807) is 6.07 Å². The second-order valence-electron chi connectivity index (χ2n) is 4.15. The first kappa shape index (κ1) is 12.7. The molecule has 96 valence electrons. The molecule has 0 unspecified atom stereocenters. The highest BCUT2D eigenvalue weighted by Gasteiger charge is 2.11. The van der Waals surface area contributed by atoms with Crippen molar-refractivity contribution >= 4 is 0 Å². The standard InChI is InChI=1S/C13H15FN2O2/c1-9-5-6-10(14)8-11(9)13-15-12(18-16-13)4-2-3-7-17/h5-6,8,17H,2-4,7H2,1H3. The Hall–Kier alpha value is -1.75. The fourth-order valence-corrected chi connectivity index (χ4v) is 1.69. The van der Waals surface area contributed by atoms with E-state index in [1.165, 1.54) is 12.1 Å². The van der Waals surface area contributed by atoms with Crippen molar-refractivity contribution in [3.05, 3.63) is 35.5 Å². The third-order valence-corrected chi connectivity index (χ3v) is 2.71. The van der Waals surface area contributed by atoms with Gasteiger partial charge >= 0.3 is 0 Å². The Morgan fingerprint density at radius 3 is 2.94 bits per heavy atom. The molecule has 5 heteroatoms. The van der Waals surface area contributed by atoms with Gasteiger partial charge in [-0.25, -0.2) is 4.39 Å². The molecule has 0 fully saturated rings. The van der Waals surface area contributed by atoms with Crippen LogP contribution in [0.5, 0.6) is 0 Å². The lowest BCUT2D eigenvalue weighted by Gasteiger charge is -1.99. The van der Waals surface area contributed by atoms with E-state index in [2.05, 4.69) is 10.1 Å². The molecule has 1 aromatic heterocycles. The van der Waals surface area contributed by atoms with E-state index in [1.807, 2.05) is 6.92 Å². The highest BCUT2D eigenvalue weighted by molar-refractivity contribution is 5.59. The molecule has 2 aromatic rings. The van der Waals surface area contributed by atoms with E-state index in [0.717, 1.165) is 12.0 Å². The molecular weight excluding hydrogens is 235 g/mol. The molecule has 0 bridgehead atoms. The van der Waals surface area contributed by atoms with Crippen molar-refractivity contribution in [2.45, 2.75) is 26.2 Å².